The minimum atomic E-state index is -0.312. The highest BCUT2D eigenvalue weighted by Crippen LogP contribution is 2.36. The van der Waals surface area contributed by atoms with E-state index in [1.807, 2.05) is 44.2 Å². The fraction of sp³-hybridized carbons (Fsp3) is 0.417. The monoisotopic (exact) mass is 467 g/mol. The van der Waals surface area contributed by atoms with Crippen molar-refractivity contribution >= 4 is 39.2 Å². The number of aryl methyl sites for hydroxylation is 2. The van der Waals surface area contributed by atoms with Gasteiger partial charge in [-0.25, -0.2) is 14.8 Å². The van der Waals surface area contributed by atoms with Gasteiger partial charge < -0.3 is 15.0 Å². The maximum Gasteiger partial charge on any atom is 0.348 e. The Kier molecular flexibility index (Phi) is 7.20. The molecule has 2 aromatic heterocycles. The minimum Gasteiger partial charge on any atom is -0.462 e. The van der Waals surface area contributed by atoms with Gasteiger partial charge in [0, 0.05) is 32.7 Å². The predicted molar refractivity (Wildman–Crippen MR) is 130 cm³/mol. The lowest BCUT2D eigenvalue weighted by molar-refractivity contribution is -0.122. The number of piperazine rings is 1. The number of amides is 1. The Labute approximate surface area is 197 Å². The molecule has 0 bridgehead atoms. The third kappa shape index (κ3) is 5.31. The van der Waals surface area contributed by atoms with Gasteiger partial charge in [0.25, 0.3) is 0 Å². The van der Waals surface area contributed by atoms with Gasteiger partial charge in [-0.3, -0.25) is 9.69 Å². The highest BCUT2D eigenvalue weighted by Gasteiger charge is 2.26. The van der Waals surface area contributed by atoms with E-state index in [0.29, 0.717) is 30.4 Å². The van der Waals surface area contributed by atoms with Gasteiger partial charge in [-0.2, -0.15) is 0 Å². The van der Waals surface area contributed by atoms with Crippen LogP contribution >= 0.6 is 11.3 Å². The first-order valence-corrected chi connectivity index (χ1v) is 12.0. The van der Waals surface area contributed by atoms with E-state index in [1.165, 1.54) is 11.3 Å². The second-order valence-electron chi connectivity index (χ2n) is 8.08. The number of carbonyl (C=O) groups is 2. The van der Waals surface area contributed by atoms with Crippen molar-refractivity contribution in [2.45, 2.75) is 27.3 Å². The Hall–Kier alpha value is -3.04. The number of ether oxygens (including phenoxy) is 1. The van der Waals surface area contributed by atoms with E-state index in [9.17, 15) is 9.59 Å². The third-order valence-electron chi connectivity index (χ3n) is 5.72. The number of fused-ring (bicyclic) bond motifs is 1. The number of nitrogens with one attached hydrogen (secondary N) is 1. The Morgan fingerprint density at radius 3 is 2.52 bits per heavy atom. The van der Waals surface area contributed by atoms with Crippen LogP contribution in [0.1, 0.15) is 33.5 Å². The molecule has 4 rings (SSSR count). The molecule has 1 saturated heterocycles. The Morgan fingerprint density at radius 1 is 1.09 bits per heavy atom. The molecule has 0 saturated carbocycles. The lowest BCUT2D eigenvalue weighted by Crippen LogP contribution is -2.49. The number of carbonyl (C=O) groups excluding carboxylic acids is 2. The summed E-state index contributed by atoms with van der Waals surface area (Å²) in [5.74, 6) is 1.25. The molecule has 174 valence electrons. The molecule has 3 aromatic rings. The van der Waals surface area contributed by atoms with Crippen LogP contribution in [-0.2, 0) is 16.1 Å². The second-order valence-corrected chi connectivity index (χ2v) is 9.08. The predicted octanol–water partition coefficient (Wildman–Crippen LogP) is 2.92. The van der Waals surface area contributed by atoms with Crippen molar-refractivity contribution in [3.05, 3.63) is 52.2 Å². The third-order valence-corrected chi connectivity index (χ3v) is 6.88. The van der Waals surface area contributed by atoms with E-state index in [-0.39, 0.29) is 11.9 Å². The SMILES string of the molecule is CCOC(=O)c1sc2nc(C)nc(N3CCN(CC(=O)NCc4ccccc4)CC3)c2c1C. The first kappa shape index (κ1) is 23.1. The van der Waals surface area contributed by atoms with Crippen molar-refractivity contribution in [3.63, 3.8) is 0 Å². The van der Waals surface area contributed by atoms with E-state index in [4.69, 9.17) is 9.72 Å². The van der Waals surface area contributed by atoms with Crippen LogP contribution < -0.4 is 10.2 Å². The summed E-state index contributed by atoms with van der Waals surface area (Å²) >= 11 is 1.36. The first-order valence-electron chi connectivity index (χ1n) is 11.2. The molecular formula is C24H29N5O3S. The first-order chi connectivity index (χ1) is 16.0. The number of hydrogen-bond acceptors (Lipinski definition) is 8. The van der Waals surface area contributed by atoms with Crippen LogP contribution in [0.3, 0.4) is 0 Å². The van der Waals surface area contributed by atoms with Gasteiger partial charge in [0.05, 0.1) is 18.5 Å². The van der Waals surface area contributed by atoms with Gasteiger partial charge in [0.15, 0.2) is 0 Å². The summed E-state index contributed by atoms with van der Waals surface area (Å²) in [7, 11) is 0. The smallest absolute Gasteiger partial charge is 0.348 e. The van der Waals surface area contributed by atoms with Crippen molar-refractivity contribution in [3.8, 4) is 0 Å². The van der Waals surface area contributed by atoms with Crippen LogP contribution in [-0.4, -0.2) is 66.1 Å². The number of anilines is 1. The fourth-order valence-electron chi connectivity index (χ4n) is 4.01. The van der Waals surface area contributed by atoms with Crippen LogP contribution in [0.2, 0.25) is 0 Å². The van der Waals surface area contributed by atoms with Crippen LogP contribution in [0, 0.1) is 13.8 Å². The Bertz CT molecular complexity index is 1140. The molecule has 33 heavy (non-hydrogen) atoms. The lowest BCUT2D eigenvalue weighted by Gasteiger charge is -2.35. The normalized spacial score (nSPS) is 14.5. The van der Waals surface area contributed by atoms with Gasteiger partial charge in [-0.05, 0) is 31.9 Å². The second kappa shape index (κ2) is 10.3. The molecule has 1 fully saturated rings. The van der Waals surface area contributed by atoms with Crippen molar-refractivity contribution in [1.29, 1.82) is 0 Å². The van der Waals surface area contributed by atoms with Crippen molar-refractivity contribution < 1.29 is 14.3 Å². The average molecular weight is 468 g/mol. The molecule has 9 heteroatoms. The van der Waals surface area contributed by atoms with Crippen molar-refractivity contribution in [1.82, 2.24) is 20.2 Å². The summed E-state index contributed by atoms with van der Waals surface area (Å²) in [6, 6.07) is 9.91. The summed E-state index contributed by atoms with van der Waals surface area (Å²) in [6.07, 6.45) is 0. The number of benzene rings is 1. The van der Waals surface area contributed by atoms with Gasteiger partial charge >= 0.3 is 5.97 Å². The average Bonchev–Trinajstić information content (AvgIpc) is 3.15. The summed E-state index contributed by atoms with van der Waals surface area (Å²) in [5, 5.41) is 3.91. The summed E-state index contributed by atoms with van der Waals surface area (Å²) < 4.78 is 5.22. The number of rotatable bonds is 7. The molecule has 1 aromatic carbocycles. The van der Waals surface area contributed by atoms with E-state index in [0.717, 1.165) is 53.3 Å². The summed E-state index contributed by atoms with van der Waals surface area (Å²) in [6.45, 7) is 9.89. The van der Waals surface area contributed by atoms with Gasteiger partial charge in [-0.1, -0.05) is 30.3 Å². The number of esters is 1. The molecule has 1 amide bonds. The minimum absolute atomic E-state index is 0.0281. The van der Waals surface area contributed by atoms with E-state index in [1.54, 1.807) is 6.92 Å². The van der Waals surface area contributed by atoms with Crippen LogP contribution in [0.5, 0.6) is 0 Å². The van der Waals surface area contributed by atoms with Gasteiger partial charge in [-0.15, -0.1) is 11.3 Å². The zero-order chi connectivity index (χ0) is 23.4. The highest BCUT2D eigenvalue weighted by molar-refractivity contribution is 7.20. The summed E-state index contributed by atoms with van der Waals surface area (Å²) in [4.78, 5) is 39.8. The summed E-state index contributed by atoms with van der Waals surface area (Å²) in [5.41, 5.74) is 1.96. The molecular weight excluding hydrogens is 438 g/mol. The molecule has 1 N–H and O–H groups in total. The Balaban J connectivity index is 1.41. The molecule has 0 unspecified atom stereocenters. The quantitative estimate of drug-likeness (QED) is 0.535. The van der Waals surface area contributed by atoms with Gasteiger partial charge in [0.2, 0.25) is 5.91 Å². The number of hydrogen-bond donors (Lipinski definition) is 1. The zero-order valence-electron chi connectivity index (χ0n) is 19.3. The van der Waals surface area contributed by atoms with E-state index in [2.05, 4.69) is 20.1 Å². The Morgan fingerprint density at radius 2 is 1.82 bits per heavy atom. The molecule has 8 nitrogen and oxygen atoms in total. The molecule has 0 aliphatic carbocycles. The molecule has 3 heterocycles. The van der Waals surface area contributed by atoms with Crippen LogP contribution in [0.4, 0.5) is 5.82 Å². The van der Waals surface area contributed by atoms with E-state index >= 15 is 0 Å². The van der Waals surface area contributed by atoms with Crippen molar-refractivity contribution in [2.24, 2.45) is 0 Å². The number of nitrogens with zero attached hydrogens (tertiary/aromatic N) is 4. The number of aromatic nitrogens is 2. The van der Waals surface area contributed by atoms with Gasteiger partial charge in [0.1, 0.15) is 21.3 Å². The zero-order valence-corrected chi connectivity index (χ0v) is 20.1. The fourth-order valence-corrected chi connectivity index (χ4v) is 5.13. The molecule has 1 aliphatic rings. The molecule has 0 atom stereocenters. The van der Waals surface area contributed by atoms with E-state index < -0.39 is 0 Å². The maximum atomic E-state index is 12.4. The lowest BCUT2D eigenvalue weighted by atomic mass is 10.1. The maximum absolute atomic E-state index is 12.4. The molecule has 0 radical (unpaired) electrons. The standard InChI is InChI=1S/C24H29N5O3S/c1-4-32-24(31)21-16(2)20-22(26-17(3)27-23(20)33-21)29-12-10-28(11-13-29)15-19(30)25-14-18-8-6-5-7-9-18/h5-9H,4,10-15H2,1-3H3,(H,25,30). The van der Waals surface area contributed by atoms with Crippen molar-refractivity contribution in [2.75, 3.05) is 44.2 Å². The number of thiophene rings is 1. The molecule has 1 aliphatic heterocycles. The largest absolute Gasteiger partial charge is 0.462 e. The highest BCUT2D eigenvalue weighted by atomic mass is 32.1. The van der Waals surface area contributed by atoms with Crippen LogP contribution in [0.25, 0.3) is 10.2 Å². The molecule has 0 spiro atoms. The topological polar surface area (TPSA) is 87.7 Å². The van der Waals surface area contributed by atoms with Crippen LogP contribution in [0.15, 0.2) is 30.3 Å².